The van der Waals surface area contributed by atoms with Gasteiger partial charge in [0, 0.05) is 24.7 Å². The maximum absolute atomic E-state index is 11.8. The van der Waals surface area contributed by atoms with E-state index in [9.17, 15) is 13.2 Å². The molecule has 1 heterocycles. The van der Waals surface area contributed by atoms with E-state index < -0.39 is 15.1 Å². The van der Waals surface area contributed by atoms with Crippen LogP contribution in [-0.4, -0.2) is 30.2 Å². The molecule has 0 saturated heterocycles. The van der Waals surface area contributed by atoms with Gasteiger partial charge in [0.2, 0.25) is 0 Å². The summed E-state index contributed by atoms with van der Waals surface area (Å²) in [5.74, 6) is -0.319. The maximum Gasteiger partial charge on any atom is 0.164 e. The van der Waals surface area contributed by atoms with Gasteiger partial charge in [-0.15, -0.1) is 0 Å². The van der Waals surface area contributed by atoms with Crippen molar-refractivity contribution in [2.24, 2.45) is 5.73 Å². The van der Waals surface area contributed by atoms with Crippen LogP contribution in [0.25, 0.3) is 0 Å². The van der Waals surface area contributed by atoms with Crippen LogP contribution in [0, 0.1) is 0 Å². The average molecular weight is 270 g/mol. The Hall–Kier alpha value is -1.27. The molecule has 2 N–H and O–H groups in total. The van der Waals surface area contributed by atoms with Gasteiger partial charge >= 0.3 is 0 Å². The van der Waals surface area contributed by atoms with Crippen molar-refractivity contribution in [3.8, 4) is 0 Å². The van der Waals surface area contributed by atoms with Gasteiger partial charge in [-0.3, -0.25) is 9.78 Å². The highest BCUT2D eigenvalue weighted by Gasteiger charge is 2.18. The number of hydrogen-bond acceptors (Lipinski definition) is 5. The number of hydrogen-bond donors (Lipinski definition) is 1. The molecule has 5 nitrogen and oxygen atoms in total. The van der Waals surface area contributed by atoms with Crippen LogP contribution >= 0.6 is 0 Å². The molecule has 18 heavy (non-hydrogen) atoms. The number of sulfone groups is 1. The van der Waals surface area contributed by atoms with E-state index in [0.717, 1.165) is 0 Å². The quantitative estimate of drug-likeness (QED) is 0.777. The SMILES string of the molecule is CC(C)S(=O)(=O)CCC(=O)c1ccnc(CN)c1. The summed E-state index contributed by atoms with van der Waals surface area (Å²) in [6.45, 7) is 3.48. The lowest BCUT2D eigenvalue weighted by molar-refractivity contribution is 0.0988. The number of aromatic nitrogens is 1. The Kier molecular flexibility index (Phi) is 4.98. The Balaban J connectivity index is 2.72. The van der Waals surface area contributed by atoms with Crippen LogP contribution in [0.2, 0.25) is 0 Å². The Morgan fingerprint density at radius 3 is 2.67 bits per heavy atom. The molecule has 0 spiro atoms. The molecule has 1 aromatic heterocycles. The number of pyridine rings is 1. The lowest BCUT2D eigenvalue weighted by atomic mass is 10.1. The van der Waals surface area contributed by atoms with E-state index in [1.54, 1.807) is 26.0 Å². The smallest absolute Gasteiger partial charge is 0.164 e. The molecule has 0 aromatic carbocycles. The molecule has 0 aliphatic heterocycles. The summed E-state index contributed by atoms with van der Waals surface area (Å²) >= 11 is 0. The van der Waals surface area contributed by atoms with Crippen molar-refractivity contribution >= 4 is 15.6 Å². The predicted octanol–water partition coefficient (Wildman–Crippen LogP) is 0.936. The summed E-state index contributed by atoms with van der Waals surface area (Å²) in [5, 5.41) is -0.456. The second-order valence-corrected chi connectivity index (χ2v) is 7.01. The first kappa shape index (κ1) is 14.8. The van der Waals surface area contributed by atoms with Crippen molar-refractivity contribution < 1.29 is 13.2 Å². The van der Waals surface area contributed by atoms with E-state index in [4.69, 9.17) is 5.73 Å². The molecule has 0 bridgehead atoms. The zero-order chi connectivity index (χ0) is 13.8. The van der Waals surface area contributed by atoms with E-state index in [0.29, 0.717) is 11.3 Å². The van der Waals surface area contributed by atoms with Crippen LogP contribution < -0.4 is 5.73 Å². The molecule has 6 heteroatoms. The first-order chi connectivity index (χ1) is 8.36. The van der Waals surface area contributed by atoms with Crippen LogP contribution in [0.3, 0.4) is 0 Å². The molecular weight excluding hydrogens is 252 g/mol. The zero-order valence-electron chi connectivity index (χ0n) is 10.6. The maximum atomic E-state index is 11.8. The largest absolute Gasteiger partial charge is 0.325 e. The van der Waals surface area contributed by atoms with E-state index in [2.05, 4.69) is 4.98 Å². The molecule has 0 radical (unpaired) electrons. The third-order valence-corrected chi connectivity index (χ3v) is 4.89. The molecule has 0 fully saturated rings. The Morgan fingerprint density at radius 1 is 1.44 bits per heavy atom. The van der Waals surface area contributed by atoms with Crippen LogP contribution in [0.1, 0.15) is 36.3 Å². The lowest BCUT2D eigenvalue weighted by Gasteiger charge is -2.07. The first-order valence-corrected chi connectivity index (χ1v) is 7.48. The van der Waals surface area contributed by atoms with Crippen molar-refractivity contribution in [2.75, 3.05) is 5.75 Å². The van der Waals surface area contributed by atoms with E-state index >= 15 is 0 Å². The molecule has 0 aliphatic carbocycles. The topological polar surface area (TPSA) is 90.1 Å². The molecule has 0 unspecified atom stereocenters. The molecular formula is C12H18N2O3S. The van der Waals surface area contributed by atoms with Gasteiger partial charge in [0.05, 0.1) is 16.7 Å². The van der Waals surface area contributed by atoms with Crippen molar-refractivity contribution in [3.05, 3.63) is 29.6 Å². The summed E-state index contributed by atoms with van der Waals surface area (Å²) in [4.78, 5) is 15.8. The molecule has 100 valence electrons. The fourth-order valence-electron chi connectivity index (χ4n) is 1.38. The molecule has 0 amide bonds. The molecule has 1 aromatic rings. The van der Waals surface area contributed by atoms with Crippen molar-refractivity contribution in [1.29, 1.82) is 0 Å². The summed E-state index contributed by atoms with van der Waals surface area (Å²) in [5.41, 5.74) is 6.51. The van der Waals surface area contributed by atoms with E-state index in [1.165, 1.54) is 6.20 Å². The highest BCUT2D eigenvalue weighted by molar-refractivity contribution is 7.91. The minimum absolute atomic E-state index is 0.00542. The first-order valence-electron chi connectivity index (χ1n) is 5.76. The second-order valence-electron chi connectivity index (χ2n) is 4.33. The van der Waals surface area contributed by atoms with Gasteiger partial charge in [-0.1, -0.05) is 0 Å². The van der Waals surface area contributed by atoms with Crippen LogP contribution in [0.15, 0.2) is 18.3 Å². The van der Waals surface area contributed by atoms with Gasteiger partial charge in [-0.25, -0.2) is 8.42 Å². The van der Waals surface area contributed by atoms with E-state index in [-0.39, 0.29) is 24.5 Å². The minimum Gasteiger partial charge on any atom is -0.325 e. The highest BCUT2D eigenvalue weighted by atomic mass is 32.2. The van der Waals surface area contributed by atoms with Gasteiger partial charge in [-0.05, 0) is 26.0 Å². The van der Waals surface area contributed by atoms with Crippen LogP contribution in [-0.2, 0) is 16.4 Å². The molecule has 0 aliphatic rings. The average Bonchev–Trinajstić information content (AvgIpc) is 2.36. The van der Waals surface area contributed by atoms with Crippen LogP contribution in [0.4, 0.5) is 0 Å². The van der Waals surface area contributed by atoms with Crippen LogP contribution in [0.5, 0.6) is 0 Å². The Morgan fingerprint density at radius 2 is 2.11 bits per heavy atom. The molecule has 1 rings (SSSR count). The predicted molar refractivity (Wildman–Crippen MR) is 70.0 cm³/mol. The monoisotopic (exact) mass is 270 g/mol. The van der Waals surface area contributed by atoms with Crippen molar-refractivity contribution in [3.63, 3.8) is 0 Å². The van der Waals surface area contributed by atoms with Gasteiger partial charge in [0.15, 0.2) is 15.6 Å². The summed E-state index contributed by atoms with van der Waals surface area (Å²) in [7, 11) is -3.18. The summed E-state index contributed by atoms with van der Waals surface area (Å²) < 4.78 is 23.2. The second kappa shape index (κ2) is 6.06. The number of carbonyl (C=O) groups is 1. The number of nitrogens with two attached hydrogens (primary N) is 1. The number of ketones is 1. The minimum atomic E-state index is -3.18. The third-order valence-electron chi connectivity index (χ3n) is 2.68. The Labute approximate surface area is 107 Å². The Bertz CT molecular complexity index is 524. The van der Waals surface area contributed by atoms with Crippen molar-refractivity contribution in [1.82, 2.24) is 4.98 Å². The third kappa shape index (κ3) is 3.89. The zero-order valence-corrected chi connectivity index (χ0v) is 11.4. The van der Waals surface area contributed by atoms with Gasteiger partial charge < -0.3 is 5.73 Å². The fraction of sp³-hybridized carbons (Fsp3) is 0.500. The van der Waals surface area contributed by atoms with Gasteiger partial charge in [0.1, 0.15) is 0 Å². The summed E-state index contributed by atoms with van der Waals surface area (Å²) in [6, 6.07) is 3.17. The van der Waals surface area contributed by atoms with E-state index in [1.807, 2.05) is 0 Å². The van der Waals surface area contributed by atoms with Gasteiger partial charge in [0.25, 0.3) is 0 Å². The summed E-state index contributed by atoms with van der Waals surface area (Å²) in [6.07, 6.45) is 1.50. The van der Waals surface area contributed by atoms with Gasteiger partial charge in [-0.2, -0.15) is 0 Å². The highest BCUT2D eigenvalue weighted by Crippen LogP contribution is 2.08. The normalized spacial score (nSPS) is 11.8. The standard InChI is InChI=1S/C12H18N2O3S/c1-9(2)18(16,17)6-4-12(15)10-3-5-14-11(7-10)8-13/h3,5,7,9H,4,6,8,13H2,1-2H3. The fourth-order valence-corrected chi connectivity index (χ4v) is 2.32. The molecule has 0 atom stereocenters. The number of Topliss-reactive ketones (excluding diaryl/α,β-unsaturated/α-hetero) is 1. The number of rotatable bonds is 6. The molecule has 0 saturated carbocycles. The number of carbonyl (C=O) groups excluding carboxylic acids is 1. The number of nitrogens with zero attached hydrogens (tertiary/aromatic N) is 1. The van der Waals surface area contributed by atoms with Crippen molar-refractivity contribution in [2.45, 2.75) is 32.1 Å². The lowest BCUT2D eigenvalue weighted by Crippen LogP contribution is -2.20.